The first-order valence-electron chi connectivity index (χ1n) is 8.69. The van der Waals surface area contributed by atoms with Gasteiger partial charge in [0.15, 0.2) is 0 Å². The maximum atomic E-state index is 10.8. The van der Waals surface area contributed by atoms with Crippen LogP contribution in [-0.4, -0.2) is 23.5 Å². The van der Waals surface area contributed by atoms with Crippen LogP contribution in [0.25, 0.3) is 0 Å². The Bertz CT molecular complexity index is 267. The lowest BCUT2D eigenvalue weighted by Gasteiger charge is -2.03. The van der Waals surface area contributed by atoms with E-state index in [9.17, 15) is 9.59 Å². The lowest BCUT2D eigenvalue weighted by molar-refractivity contribution is -0.150. The zero-order valence-electron chi connectivity index (χ0n) is 13.7. The van der Waals surface area contributed by atoms with Gasteiger partial charge in [0.05, 0.1) is 0 Å². The van der Waals surface area contributed by atoms with E-state index in [-0.39, 0.29) is 0 Å². The van der Waals surface area contributed by atoms with Crippen LogP contribution in [0.2, 0.25) is 0 Å². The Morgan fingerprint density at radius 2 is 1.10 bits per heavy atom. The van der Waals surface area contributed by atoms with Crippen LogP contribution in [0.3, 0.4) is 0 Å². The van der Waals surface area contributed by atoms with Crippen LogP contribution < -0.4 is 5.32 Å². The molecule has 0 fully saturated rings. The van der Waals surface area contributed by atoms with Crippen molar-refractivity contribution in [3.05, 3.63) is 0 Å². The van der Waals surface area contributed by atoms with E-state index in [4.69, 9.17) is 5.11 Å². The summed E-state index contributed by atoms with van der Waals surface area (Å²) in [5.41, 5.74) is 0. The molecule has 0 aliphatic rings. The molecule has 0 saturated carbocycles. The van der Waals surface area contributed by atoms with E-state index < -0.39 is 11.9 Å². The minimum absolute atomic E-state index is 0.475. The summed E-state index contributed by atoms with van der Waals surface area (Å²) in [6.07, 6.45) is 16.6. The van der Waals surface area contributed by atoms with Gasteiger partial charge in [0.1, 0.15) is 0 Å². The van der Waals surface area contributed by atoms with Crippen molar-refractivity contribution in [2.45, 2.75) is 90.4 Å². The molecule has 1 amide bonds. The van der Waals surface area contributed by atoms with Crippen LogP contribution in [0.4, 0.5) is 0 Å². The molecule has 0 rings (SSSR count). The fourth-order valence-corrected chi connectivity index (χ4v) is 2.42. The summed E-state index contributed by atoms with van der Waals surface area (Å²) in [6, 6.07) is 0. The van der Waals surface area contributed by atoms with Gasteiger partial charge in [0.25, 0.3) is 0 Å². The van der Waals surface area contributed by atoms with Gasteiger partial charge in [0.2, 0.25) is 0 Å². The molecular weight excluding hydrogens is 266 g/mol. The first-order valence-corrected chi connectivity index (χ1v) is 8.69. The highest BCUT2D eigenvalue weighted by molar-refractivity contribution is 6.31. The van der Waals surface area contributed by atoms with Gasteiger partial charge in [-0.1, -0.05) is 84.0 Å². The summed E-state index contributed by atoms with van der Waals surface area (Å²) in [7, 11) is 0. The molecule has 124 valence electrons. The molecule has 0 aromatic rings. The lowest BCUT2D eigenvalue weighted by Crippen LogP contribution is -2.31. The average molecular weight is 299 g/mol. The molecule has 0 aromatic carbocycles. The number of hydrogen-bond donors (Lipinski definition) is 2. The Kier molecular flexibility index (Phi) is 14.6. The molecule has 0 unspecified atom stereocenters. The summed E-state index contributed by atoms with van der Waals surface area (Å²) in [5.74, 6) is -2.29. The molecule has 0 aliphatic heterocycles. The largest absolute Gasteiger partial charge is 0.474 e. The van der Waals surface area contributed by atoms with Gasteiger partial charge in [0, 0.05) is 6.54 Å². The summed E-state index contributed by atoms with van der Waals surface area (Å²) in [5, 5.41) is 10.8. The Labute approximate surface area is 129 Å². The number of hydrogen-bond acceptors (Lipinski definition) is 2. The molecule has 4 nitrogen and oxygen atoms in total. The van der Waals surface area contributed by atoms with E-state index in [1.807, 2.05) is 0 Å². The van der Waals surface area contributed by atoms with Gasteiger partial charge < -0.3 is 10.4 Å². The maximum absolute atomic E-state index is 10.8. The highest BCUT2D eigenvalue weighted by atomic mass is 16.4. The second kappa shape index (κ2) is 15.3. The molecule has 0 aromatic heterocycles. The molecule has 2 N–H and O–H groups in total. The minimum Gasteiger partial charge on any atom is -0.474 e. The standard InChI is InChI=1S/C17H33NO3/c1-2-3-4-5-6-7-8-9-10-11-12-13-14-15-18-16(19)17(20)21/h2-15H2,1H3,(H,18,19)(H,20,21). The van der Waals surface area contributed by atoms with Crippen LogP contribution >= 0.6 is 0 Å². The normalized spacial score (nSPS) is 10.5. The molecular formula is C17H33NO3. The molecule has 0 saturated heterocycles. The van der Waals surface area contributed by atoms with Gasteiger partial charge in [-0.2, -0.15) is 0 Å². The molecule has 21 heavy (non-hydrogen) atoms. The topological polar surface area (TPSA) is 66.4 Å². The predicted octanol–water partition coefficient (Wildman–Crippen LogP) is 4.28. The van der Waals surface area contributed by atoms with E-state index in [1.165, 1.54) is 70.6 Å². The van der Waals surface area contributed by atoms with Crippen LogP contribution in [0, 0.1) is 0 Å². The highest BCUT2D eigenvalue weighted by Gasteiger charge is 2.08. The average Bonchev–Trinajstić information content (AvgIpc) is 2.47. The summed E-state index contributed by atoms with van der Waals surface area (Å²) < 4.78 is 0. The molecule has 0 bridgehead atoms. The number of amides is 1. The monoisotopic (exact) mass is 299 g/mol. The van der Waals surface area contributed by atoms with E-state index >= 15 is 0 Å². The van der Waals surface area contributed by atoms with Crippen molar-refractivity contribution in [3.63, 3.8) is 0 Å². The highest BCUT2D eigenvalue weighted by Crippen LogP contribution is 2.12. The number of carboxylic acids is 1. The quantitative estimate of drug-likeness (QED) is 0.371. The molecule has 0 radical (unpaired) electrons. The van der Waals surface area contributed by atoms with Crippen molar-refractivity contribution in [2.24, 2.45) is 0 Å². The van der Waals surface area contributed by atoms with Crippen molar-refractivity contribution >= 4 is 11.9 Å². The van der Waals surface area contributed by atoms with Gasteiger partial charge in [-0.15, -0.1) is 0 Å². The van der Waals surface area contributed by atoms with E-state index in [2.05, 4.69) is 12.2 Å². The van der Waals surface area contributed by atoms with Crippen molar-refractivity contribution in [1.82, 2.24) is 5.32 Å². The van der Waals surface area contributed by atoms with Gasteiger partial charge in [-0.05, 0) is 6.42 Å². The van der Waals surface area contributed by atoms with Crippen molar-refractivity contribution < 1.29 is 14.7 Å². The van der Waals surface area contributed by atoms with Crippen LogP contribution in [0.1, 0.15) is 90.4 Å². The van der Waals surface area contributed by atoms with Crippen molar-refractivity contribution in [1.29, 1.82) is 0 Å². The zero-order chi connectivity index (χ0) is 15.8. The fourth-order valence-electron chi connectivity index (χ4n) is 2.42. The third kappa shape index (κ3) is 15.2. The van der Waals surface area contributed by atoms with Gasteiger partial charge in [-0.25, -0.2) is 4.79 Å². The molecule has 0 heterocycles. The number of carboxylic acid groups (broad SMARTS) is 1. The Morgan fingerprint density at radius 1 is 0.714 bits per heavy atom. The van der Waals surface area contributed by atoms with Gasteiger partial charge in [-0.3, -0.25) is 4.79 Å². The minimum atomic E-state index is -1.40. The number of nitrogens with one attached hydrogen (secondary N) is 1. The summed E-state index contributed by atoms with van der Waals surface area (Å²) in [4.78, 5) is 21.0. The zero-order valence-corrected chi connectivity index (χ0v) is 13.7. The Hall–Kier alpha value is -1.06. The molecule has 0 atom stereocenters. The SMILES string of the molecule is CCCCCCCCCCCCCCCNC(=O)C(=O)O. The van der Waals surface area contributed by atoms with E-state index in [1.54, 1.807) is 0 Å². The van der Waals surface area contributed by atoms with E-state index in [0.29, 0.717) is 6.54 Å². The number of carbonyl (C=O) groups excluding carboxylic acids is 1. The van der Waals surface area contributed by atoms with Crippen molar-refractivity contribution in [3.8, 4) is 0 Å². The Morgan fingerprint density at radius 3 is 1.48 bits per heavy atom. The summed E-state index contributed by atoms with van der Waals surface area (Å²) >= 11 is 0. The number of rotatable bonds is 14. The van der Waals surface area contributed by atoms with Crippen molar-refractivity contribution in [2.75, 3.05) is 6.54 Å². The summed E-state index contributed by atoms with van der Waals surface area (Å²) in [6.45, 7) is 2.73. The molecule has 4 heteroatoms. The van der Waals surface area contributed by atoms with Crippen LogP contribution in [0.15, 0.2) is 0 Å². The van der Waals surface area contributed by atoms with E-state index in [0.717, 1.165) is 12.8 Å². The first kappa shape index (κ1) is 19.9. The lowest BCUT2D eigenvalue weighted by atomic mass is 10.0. The molecule has 0 aliphatic carbocycles. The number of unbranched alkanes of at least 4 members (excludes halogenated alkanes) is 12. The third-order valence-corrected chi connectivity index (χ3v) is 3.76. The first-order chi connectivity index (χ1) is 10.2. The van der Waals surface area contributed by atoms with Crippen LogP contribution in [-0.2, 0) is 9.59 Å². The Balaban J connectivity index is 3.06. The smallest absolute Gasteiger partial charge is 0.394 e. The second-order valence-electron chi connectivity index (χ2n) is 5.80. The fraction of sp³-hybridized carbons (Fsp3) is 0.882. The number of carbonyl (C=O) groups is 2. The van der Waals surface area contributed by atoms with Crippen LogP contribution in [0.5, 0.6) is 0 Å². The predicted molar refractivity (Wildman–Crippen MR) is 86.3 cm³/mol. The second-order valence-corrected chi connectivity index (χ2v) is 5.80. The maximum Gasteiger partial charge on any atom is 0.394 e. The third-order valence-electron chi connectivity index (χ3n) is 3.76. The number of aliphatic carboxylic acids is 1. The van der Waals surface area contributed by atoms with Gasteiger partial charge >= 0.3 is 11.9 Å². The molecule has 0 spiro atoms.